The van der Waals surface area contributed by atoms with E-state index in [1.165, 1.54) is 24.5 Å². The van der Waals surface area contributed by atoms with E-state index in [1.807, 2.05) is 6.92 Å². The van der Waals surface area contributed by atoms with Gasteiger partial charge in [0, 0.05) is 39.9 Å². The number of nitrogens with zero attached hydrogens (tertiary/aromatic N) is 3. The highest BCUT2D eigenvalue weighted by Gasteiger charge is 2.19. The number of hydrogen-bond acceptors (Lipinski definition) is 5. The van der Waals surface area contributed by atoms with E-state index in [2.05, 4.69) is 25.3 Å². The maximum absolute atomic E-state index is 13.2. The number of H-pyrrole nitrogens is 1. The largest absolute Gasteiger partial charge is 0.477 e. The predicted molar refractivity (Wildman–Crippen MR) is 114 cm³/mol. The number of aromatic amines is 1. The molecule has 3 heterocycles. The van der Waals surface area contributed by atoms with Crippen molar-refractivity contribution in [1.29, 1.82) is 0 Å². The summed E-state index contributed by atoms with van der Waals surface area (Å²) in [6.45, 7) is 1.83. The number of carboxylic acid groups (broad SMARTS) is 1. The fourth-order valence-electron chi connectivity index (χ4n) is 2.98. The summed E-state index contributed by atoms with van der Waals surface area (Å²) in [5.74, 6) is -1.03. The number of pyridine rings is 1. The number of nitrogens with one attached hydrogen (secondary N) is 2. The van der Waals surface area contributed by atoms with Crippen LogP contribution in [0.25, 0.3) is 22.4 Å². The zero-order valence-corrected chi connectivity index (χ0v) is 15.9. The summed E-state index contributed by atoms with van der Waals surface area (Å²) < 4.78 is 13.2. The van der Waals surface area contributed by atoms with Crippen LogP contribution in [0, 0.1) is 5.82 Å². The average molecular weight is 418 g/mol. The normalized spacial score (nSPS) is 12.1. The molecule has 0 aliphatic rings. The predicted octanol–water partition coefficient (Wildman–Crippen LogP) is 5.42. The number of anilines is 1. The Labute approximate surface area is 174 Å². The quantitative estimate of drug-likeness (QED) is 0.400. The van der Waals surface area contributed by atoms with Crippen molar-refractivity contribution in [2.45, 2.75) is 13.0 Å². The molecule has 1 aromatic carbocycles. The van der Waals surface area contributed by atoms with Crippen LogP contribution >= 0.6 is 11.6 Å². The van der Waals surface area contributed by atoms with Crippen LogP contribution in [0.4, 0.5) is 10.2 Å². The molecule has 0 saturated heterocycles. The van der Waals surface area contributed by atoms with Crippen molar-refractivity contribution in [2.24, 2.45) is 0 Å². The first-order valence-corrected chi connectivity index (χ1v) is 9.05. The standard InChI is InChI=1S/C20H15ClFN5O2.3H2/c1-10(11-2-4-13(22)5-3-11)26-19-16(20(28)29)9-25-18(27-19)15-8-24-17-14(15)6-12(21)7-23-17;;;/h2-10H,1H3,(H,23,24)(H,28,29)(H,25,26,27);3*1H/t10-;;;/m0.../s1. The first kappa shape index (κ1) is 18.8. The SMILES string of the molecule is C[C@H](Nc1nc(-c2c[nH]c3ncc(Cl)cc23)ncc1C(=O)O)c1ccc(F)cc1.[HH].[HH].[HH]. The van der Waals surface area contributed by atoms with Gasteiger partial charge in [0.25, 0.3) is 0 Å². The van der Waals surface area contributed by atoms with Gasteiger partial charge in [-0.3, -0.25) is 0 Å². The molecule has 7 nitrogen and oxygen atoms in total. The average Bonchev–Trinajstić information content (AvgIpc) is 3.11. The molecule has 0 aliphatic heterocycles. The summed E-state index contributed by atoms with van der Waals surface area (Å²) in [4.78, 5) is 27.5. The van der Waals surface area contributed by atoms with Crippen molar-refractivity contribution in [3.8, 4) is 11.4 Å². The highest BCUT2D eigenvalue weighted by Crippen LogP contribution is 2.29. The second-order valence-electron chi connectivity index (χ2n) is 6.43. The van der Waals surface area contributed by atoms with E-state index in [0.29, 0.717) is 22.1 Å². The molecule has 9 heteroatoms. The van der Waals surface area contributed by atoms with Gasteiger partial charge in [-0.05, 0) is 30.7 Å². The third-order valence-corrected chi connectivity index (χ3v) is 4.69. The minimum absolute atomic E-state index is 0. The molecule has 152 valence electrons. The van der Waals surface area contributed by atoms with Gasteiger partial charge in [-0.2, -0.15) is 0 Å². The van der Waals surface area contributed by atoms with E-state index < -0.39 is 5.97 Å². The lowest BCUT2D eigenvalue weighted by molar-refractivity contribution is 0.0697. The maximum atomic E-state index is 13.2. The number of carboxylic acids is 1. The Bertz CT molecular complexity index is 1220. The number of rotatable bonds is 5. The lowest BCUT2D eigenvalue weighted by Crippen LogP contribution is -2.13. The highest BCUT2D eigenvalue weighted by molar-refractivity contribution is 6.31. The Morgan fingerprint density at radius 2 is 2.03 bits per heavy atom. The molecular weight excluding hydrogens is 397 g/mol. The third-order valence-electron chi connectivity index (χ3n) is 4.48. The summed E-state index contributed by atoms with van der Waals surface area (Å²) >= 11 is 6.05. The summed E-state index contributed by atoms with van der Waals surface area (Å²) in [5, 5.41) is 13.8. The Kier molecular flexibility index (Phi) is 4.85. The van der Waals surface area contributed by atoms with Gasteiger partial charge in [0.2, 0.25) is 0 Å². The van der Waals surface area contributed by atoms with E-state index in [9.17, 15) is 14.3 Å². The molecule has 4 aromatic rings. The smallest absolute Gasteiger partial charge is 0.341 e. The van der Waals surface area contributed by atoms with Crippen LogP contribution in [0.2, 0.25) is 5.02 Å². The van der Waals surface area contributed by atoms with Gasteiger partial charge >= 0.3 is 5.97 Å². The van der Waals surface area contributed by atoms with Crippen molar-refractivity contribution < 1.29 is 18.6 Å². The third kappa shape index (κ3) is 3.74. The van der Waals surface area contributed by atoms with Crippen LogP contribution in [0.3, 0.4) is 0 Å². The number of hydrogen-bond donors (Lipinski definition) is 3. The number of fused-ring (bicyclic) bond motifs is 1. The summed E-state index contributed by atoms with van der Waals surface area (Å²) in [6, 6.07) is 7.37. The lowest BCUT2D eigenvalue weighted by atomic mass is 10.1. The summed E-state index contributed by atoms with van der Waals surface area (Å²) in [6.07, 6.45) is 4.47. The number of halogens is 2. The molecule has 0 unspecified atom stereocenters. The maximum Gasteiger partial charge on any atom is 0.341 e. The molecule has 3 N–H and O–H groups in total. The zero-order chi connectivity index (χ0) is 20.5. The molecule has 29 heavy (non-hydrogen) atoms. The van der Waals surface area contributed by atoms with Crippen molar-refractivity contribution in [3.05, 3.63) is 70.9 Å². The van der Waals surface area contributed by atoms with Crippen LogP contribution in [0.5, 0.6) is 0 Å². The van der Waals surface area contributed by atoms with Crippen molar-refractivity contribution in [3.63, 3.8) is 0 Å². The fraction of sp³-hybridized carbons (Fsp3) is 0.100. The van der Waals surface area contributed by atoms with E-state index in [0.717, 1.165) is 10.9 Å². The van der Waals surface area contributed by atoms with Gasteiger partial charge in [-0.1, -0.05) is 23.7 Å². The second kappa shape index (κ2) is 7.48. The van der Waals surface area contributed by atoms with Crippen molar-refractivity contribution in [2.75, 3.05) is 5.32 Å². The second-order valence-corrected chi connectivity index (χ2v) is 6.87. The van der Waals surface area contributed by atoms with Gasteiger partial charge in [-0.25, -0.2) is 24.1 Å². The van der Waals surface area contributed by atoms with Crippen LogP contribution in [-0.4, -0.2) is 31.0 Å². The van der Waals surface area contributed by atoms with Crippen molar-refractivity contribution in [1.82, 2.24) is 19.9 Å². The molecule has 0 bridgehead atoms. The fourth-order valence-corrected chi connectivity index (χ4v) is 3.14. The van der Waals surface area contributed by atoms with E-state index in [1.54, 1.807) is 24.4 Å². The minimum Gasteiger partial charge on any atom is -0.477 e. The summed E-state index contributed by atoms with van der Waals surface area (Å²) in [5.41, 5.74) is 1.97. The number of aromatic carboxylic acids is 1. The van der Waals surface area contributed by atoms with Gasteiger partial charge in [0.05, 0.1) is 5.02 Å². The van der Waals surface area contributed by atoms with Crippen LogP contribution in [-0.2, 0) is 0 Å². The topological polar surface area (TPSA) is 104 Å². The number of carbonyl (C=O) groups is 1. The molecule has 0 radical (unpaired) electrons. The van der Waals surface area contributed by atoms with Gasteiger partial charge in [0.15, 0.2) is 5.82 Å². The van der Waals surface area contributed by atoms with E-state index >= 15 is 0 Å². The van der Waals surface area contributed by atoms with Gasteiger partial charge < -0.3 is 15.4 Å². The Balaban J connectivity index is 0.00000171. The molecule has 0 amide bonds. The molecular formula is C20H21ClFN5O2. The first-order valence-electron chi connectivity index (χ1n) is 8.67. The zero-order valence-electron chi connectivity index (χ0n) is 15.1. The van der Waals surface area contributed by atoms with E-state index in [4.69, 9.17) is 11.6 Å². The van der Waals surface area contributed by atoms with Gasteiger partial charge in [-0.15, -0.1) is 0 Å². The van der Waals surface area contributed by atoms with E-state index in [-0.39, 0.29) is 27.5 Å². The Morgan fingerprint density at radius 3 is 2.76 bits per heavy atom. The van der Waals surface area contributed by atoms with Crippen LogP contribution in [0.1, 0.15) is 33.2 Å². The summed E-state index contributed by atoms with van der Waals surface area (Å²) in [7, 11) is 0. The lowest BCUT2D eigenvalue weighted by Gasteiger charge is -2.17. The molecule has 0 saturated carbocycles. The van der Waals surface area contributed by atoms with Gasteiger partial charge in [0.1, 0.15) is 22.8 Å². The molecule has 1 atom stereocenters. The van der Waals surface area contributed by atoms with Crippen LogP contribution < -0.4 is 5.32 Å². The Morgan fingerprint density at radius 1 is 1.28 bits per heavy atom. The molecule has 4 rings (SSSR count). The Hall–Kier alpha value is -3.52. The minimum atomic E-state index is -1.16. The molecule has 0 aliphatic carbocycles. The number of aromatic nitrogens is 4. The molecule has 0 spiro atoms. The molecule has 3 aromatic heterocycles. The highest BCUT2D eigenvalue weighted by atomic mass is 35.5. The monoisotopic (exact) mass is 417 g/mol. The first-order chi connectivity index (χ1) is 13.9. The molecule has 0 fully saturated rings. The van der Waals surface area contributed by atoms with Crippen LogP contribution in [0.15, 0.2) is 48.9 Å². The number of benzene rings is 1. The van der Waals surface area contributed by atoms with Crippen molar-refractivity contribution >= 4 is 34.4 Å².